The third kappa shape index (κ3) is 3.28. The quantitative estimate of drug-likeness (QED) is 0.727. The normalized spacial score (nSPS) is 20.4. The van der Waals surface area contributed by atoms with E-state index in [-0.39, 0.29) is 0 Å². The molecule has 2 heterocycles. The molecule has 0 unspecified atom stereocenters. The van der Waals surface area contributed by atoms with Gasteiger partial charge in [0.15, 0.2) is 0 Å². The topological polar surface area (TPSA) is 52.0 Å². The lowest BCUT2D eigenvalue weighted by atomic mass is 10.1. The number of rotatable bonds is 6. The Bertz CT molecular complexity index is 307. The zero-order valence-electron chi connectivity index (χ0n) is 9.85. The summed E-state index contributed by atoms with van der Waals surface area (Å²) in [6, 6.07) is 0. The molecule has 0 spiro atoms. The molecule has 1 fully saturated rings. The molecule has 90 valence electrons. The van der Waals surface area contributed by atoms with Crippen molar-refractivity contribution in [2.45, 2.75) is 32.9 Å². The van der Waals surface area contributed by atoms with Crippen molar-refractivity contribution >= 4 is 0 Å². The van der Waals surface area contributed by atoms with Gasteiger partial charge in [-0.15, -0.1) is 5.10 Å². The molecule has 16 heavy (non-hydrogen) atoms. The first kappa shape index (κ1) is 11.5. The Kier molecular flexibility index (Phi) is 4.30. The summed E-state index contributed by atoms with van der Waals surface area (Å²) in [5, 5.41) is 11.6. The van der Waals surface area contributed by atoms with Gasteiger partial charge in [0.2, 0.25) is 0 Å². The van der Waals surface area contributed by atoms with Crippen LogP contribution in [0.1, 0.15) is 25.5 Å². The van der Waals surface area contributed by atoms with Gasteiger partial charge in [0.05, 0.1) is 12.3 Å². The van der Waals surface area contributed by atoms with E-state index in [1.807, 2.05) is 10.9 Å². The zero-order chi connectivity index (χ0) is 11.2. The van der Waals surface area contributed by atoms with Crippen LogP contribution in [0.3, 0.4) is 0 Å². The first-order valence-electron chi connectivity index (χ1n) is 6.06. The minimum absolute atomic E-state index is 0.609. The predicted molar refractivity (Wildman–Crippen MR) is 60.9 cm³/mol. The molecule has 0 aromatic carbocycles. The maximum absolute atomic E-state index is 5.34. The van der Waals surface area contributed by atoms with Crippen LogP contribution in [0.2, 0.25) is 0 Å². The summed E-state index contributed by atoms with van der Waals surface area (Å²) in [5.74, 6) is 0.609. The van der Waals surface area contributed by atoms with Crippen molar-refractivity contribution in [3.05, 3.63) is 11.9 Å². The van der Waals surface area contributed by atoms with Crippen LogP contribution >= 0.6 is 0 Å². The molecule has 1 atom stereocenters. The molecule has 0 radical (unpaired) electrons. The Balaban J connectivity index is 1.77. The third-order valence-electron chi connectivity index (χ3n) is 2.79. The van der Waals surface area contributed by atoms with E-state index in [0.717, 1.165) is 51.4 Å². The number of hydrogen-bond acceptors (Lipinski definition) is 4. The van der Waals surface area contributed by atoms with Gasteiger partial charge in [0.25, 0.3) is 0 Å². The molecule has 1 aliphatic heterocycles. The van der Waals surface area contributed by atoms with Gasteiger partial charge in [-0.2, -0.15) is 0 Å². The molecule has 2 rings (SSSR count). The minimum atomic E-state index is 0.609. The lowest BCUT2D eigenvalue weighted by Gasteiger charge is -2.05. The van der Waals surface area contributed by atoms with E-state index in [0.29, 0.717) is 5.92 Å². The van der Waals surface area contributed by atoms with Gasteiger partial charge in [0, 0.05) is 31.8 Å². The van der Waals surface area contributed by atoms with Gasteiger partial charge in [-0.1, -0.05) is 12.1 Å². The second kappa shape index (κ2) is 5.96. The van der Waals surface area contributed by atoms with Crippen molar-refractivity contribution in [1.82, 2.24) is 20.3 Å². The van der Waals surface area contributed by atoms with Crippen LogP contribution in [0.4, 0.5) is 0 Å². The fourth-order valence-corrected chi connectivity index (χ4v) is 1.89. The summed E-state index contributed by atoms with van der Waals surface area (Å²) in [5.41, 5.74) is 1.02. The Morgan fingerprint density at radius 2 is 2.56 bits per heavy atom. The zero-order valence-corrected chi connectivity index (χ0v) is 9.85. The van der Waals surface area contributed by atoms with Crippen LogP contribution in [0.15, 0.2) is 6.20 Å². The average Bonchev–Trinajstić information content (AvgIpc) is 2.91. The van der Waals surface area contributed by atoms with E-state index >= 15 is 0 Å². The second-order valence-corrected chi connectivity index (χ2v) is 4.34. The molecule has 1 N–H and O–H groups in total. The van der Waals surface area contributed by atoms with Crippen molar-refractivity contribution in [3.63, 3.8) is 0 Å². The molecule has 0 saturated carbocycles. The van der Waals surface area contributed by atoms with E-state index in [9.17, 15) is 0 Å². The maximum Gasteiger partial charge on any atom is 0.0964 e. The SMILES string of the molecule is CCCNCc1cn(C[C@H]2CCOC2)nn1. The van der Waals surface area contributed by atoms with Crippen LogP contribution < -0.4 is 5.32 Å². The predicted octanol–water partition coefficient (Wildman–Crippen LogP) is 0.814. The van der Waals surface area contributed by atoms with Gasteiger partial charge in [-0.05, 0) is 19.4 Å². The highest BCUT2D eigenvalue weighted by molar-refractivity contribution is 4.91. The fraction of sp³-hybridized carbons (Fsp3) is 0.818. The standard InChI is InChI=1S/C11H20N4O/c1-2-4-12-6-11-8-15(14-13-11)7-10-3-5-16-9-10/h8,10,12H,2-7,9H2,1H3/t10-/m1/s1. The van der Waals surface area contributed by atoms with Crippen LogP contribution in [0.5, 0.6) is 0 Å². The molecule has 1 saturated heterocycles. The molecular formula is C11H20N4O. The molecule has 0 aliphatic carbocycles. The van der Waals surface area contributed by atoms with Crippen LogP contribution in [0.25, 0.3) is 0 Å². The summed E-state index contributed by atoms with van der Waals surface area (Å²) >= 11 is 0. The number of nitrogens with one attached hydrogen (secondary N) is 1. The maximum atomic E-state index is 5.34. The Labute approximate surface area is 96.2 Å². The lowest BCUT2D eigenvalue weighted by Crippen LogP contribution is -2.14. The van der Waals surface area contributed by atoms with E-state index in [4.69, 9.17) is 4.74 Å². The Hall–Kier alpha value is -0.940. The number of aromatic nitrogens is 3. The van der Waals surface area contributed by atoms with Gasteiger partial charge < -0.3 is 10.1 Å². The summed E-state index contributed by atoms with van der Waals surface area (Å²) in [7, 11) is 0. The molecule has 0 bridgehead atoms. The summed E-state index contributed by atoms with van der Waals surface area (Å²) in [6.07, 6.45) is 4.32. The molecule has 1 aromatic rings. The summed E-state index contributed by atoms with van der Waals surface area (Å²) in [4.78, 5) is 0. The molecule has 5 nitrogen and oxygen atoms in total. The monoisotopic (exact) mass is 224 g/mol. The minimum Gasteiger partial charge on any atom is -0.381 e. The number of nitrogens with zero attached hydrogens (tertiary/aromatic N) is 3. The Morgan fingerprint density at radius 1 is 1.62 bits per heavy atom. The highest BCUT2D eigenvalue weighted by Gasteiger charge is 2.16. The first-order valence-corrected chi connectivity index (χ1v) is 6.06. The highest BCUT2D eigenvalue weighted by Crippen LogP contribution is 2.13. The van der Waals surface area contributed by atoms with Crippen molar-refractivity contribution < 1.29 is 4.74 Å². The Morgan fingerprint density at radius 3 is 3.31 bits per heavy atom. The molecule has 1 aliphatic rings. The van der Waals surface area contributed by atoms with Crippen LogP contribution in [-0.2, 0) is 17.8 Å². The summed E-state index contributed by atoms with van der Waals surface area (Å²) in [6.45, 7) is 6.69. The van der Waals surface area contributed by atoms with Gasteiger partial charge in [-0.25, -0.2) is 0 Å². The first-order chi connectivity index (χ1) is 7.88. The van der Waals surface area contributed by atoms with Gasteiger partial charge >= 0.3 is 0 Å². The fourth-order valence-electron chi connectivity index (χ4n) is 1.89. The van der Waals surface area contributed by atoms with Gasteiger partial charge in [-0.3, -0.25) is 4.68 Å². The average molecular weight is 224 g/mol. The second-order valence-electron chi connectivity index (χ2n) is 4.34. The summed E-state index contributed by atoms with van der Waals surface area (Å²) < 4.78 is 7.27. The van der Waals surface area contributed by atoms with E-state index in [1.54, 1.807) is 0 Å². The number of ether oxygens (including phenoxy) is 1. The van der Waals surface area contributed by atoms with Crippen molar-refractivity contribution in [2.24, 2.45) is 5.92 Å². The van der Waals surface area contributed by atoms with Crippen molar-refractivity contribution in [3.8, 4) is 0 Å². The third-order valence-corrected chi connectivity index (χ3v) is 2.79. The van der Waals surface area contributed by atoms with E-state index in [2.05, 4.69) is 22.6 Å². The van der Waals surface area contributed by atoms with Crippen LogP contribution in [0, 0.1) is 5.92 Å². The van der Waals surface area contributed by atoms with E-state index in [1.165, 1.54) is 0 Å². The van der Waals surface area contributed by atoms with Gasteiger partial charge in [0.1, 0.15) is 0 Å². The molecule has 5 heteroatoms. The molecular weight excluding hydrogens is 204 g/mol. The van der Waals surface area contributed by atoms with Crippen LogP contribution in [-0.4, -0.2) is 34.8 Å². The van der Waals surface area contributed by atoms with E-state index < -0.39 is 0 Å². The highest BCUT2D eigenvalue weighted by atomic mass is 16.5. The smallest absolute Gasteiger partial charge is 0.0964 e. The molecule has 0 amide bonds. The number of hydrogen-bond donors (Lipinski definition) is 1. The largest absolute Gasteiger partial charge is 0.381 e. The van der Waals surface area contributed by atoms with Crippen molar-refractivity contribution in [1.29, 1.82) is 0 Å². The molecule has 1 aromatic heterocycles. The lowest BCUT2D eigenvalue weighted by molar-refractivity contribution is 0.181. The van der Waals surface area contributed by atoms with Crippen molar-refractivity contribution in [2.75, 3.05) is 19.8 Å².